The van der Waals surface area contributed by atoms with Crippen LogP contribution in [0.4, 0.5) is 4.39 Å². The molecule has 0 heterocycles. The summed E-state index contributed by atoms with van der Waals surface area (Å²) >= 11 is 0. The zero-order valence-electron chi connectivity index (χ0n) is 12.1. The number of sulfonamides is 1. The minimum absolute atomic E-state index is 0.0289. The van der Waals surface area contributed by atoms with Crippen LogP contribution in [0.5, 0.6) is 0 Å². The Hall–Kier alpha value is -1.51. The molecule has 1 aromatic rings. The maximum Gasteiger partial charge on any atom is 0.338 e. The topological polar surface area (TPSA) is 83.9 Å². The molecular weight excluding hydrogens is 301 g/mol. The highest BCUT2D eigenvalue weighted by Gasteiger charge is 2.24. The number of aryl methyl sites for hydroxylation is 1. The largest absolute Gasteiger partial charge is 0.478 e. The van der Waals surface area contributed by atoms with E-state index in [-0.39, 0.29) is 17.0 Å². The van der Waals surface area contributed by atoms with E-state index in [1.807, 2.05) is 0 Å². The third-order valence-corrected chi connectivity index (χ3v) is 4.82. The Morgan fingerprint density at radius 3 is 2.57 bits per heavy atom. The van der Waals surface area contributed by atoms with Crippen molar-refractivity contribution in [3.05, 3.63) is 29.1 Å². The summed E-state index contributed by atoms with van der Waals surface area (Å²) < 4.78 is 44.3. The van der Waals surface area contributed by atoms with Crippen molar-refractivity contribution in [2.24, 2.45) is 0 Å². The molecule has 0 radical (unpaired) electrons. The molecule has 1 N–H and O–H groups in total. The lowest BCUT2D eigenvalue weighted by molar-refractivity contribution is 0.0691. The van der Waals surface area contributed by atoms with E-state index >= 15 is 0 Å². The number of rotatable bonds is 7. The van der Waals surface area contributed by atoms with Crippen LogP contribution in [0.25, 0.3) is 0 Å². The van der Waals surface area contributed by atoms with Gasteiger partial charge in [0, 0.05) is 27.3 Å². The Kier molecular flexibility index (Phi) is 5.82. The van der Waals surface area contributed by atoms with Gasteiger partial charge in [0.15, 0.2) is 0 Å². The molecule has 0 aliphatic heterocycles. The summed E-state index contributed by atoms with van der Waals surface area (Å²) in [7, 11) is -0.977. The normalized spacial score (nSPS) is 11.9. The Morgan fingerprint density at radius 2 is 2.05 bits per heavy atom. The van der Waals surface area contributed by atoms with Crippen molar-refractivity contribution < 1.29 is 27.4 Å². The molecule has 21 heavy (non-hydrogen) atoms. The van der Waals surface area contributed by atoms with Gasteiger partial charge in [-0.05, 0) is 31.0 Å². The predicted octanol–water partition coefficient (Wildman–Crippen LogP) is 1.49. The number of carboxylic acid groups (broad SMARTS) is 1. The molecule has 0 saturated heterocycles. The fraction of sp³-hybridized carbons (Fsp3) is 0.462. The van der Waals surface area contributed by atoms with Crippen molar-refractivity contribution in [1.29, 1.82) is 0 Å². The molecule has 0 saturated carbocycles. The van der Waals surface area contributed by atoms with Gasteiger partial charge in [-0.2, -0.15) is 0 Å². The monoisotopic (exact) mass is 319 g/mol. The highest BCUT2D eigenvalue weighted by molar-refractivity contribution is 7.89. The summed E-state index contributed by atoms with van der Waals surface area (Å²) in [6.45, 7) is 1.95. The first kappa shape index (κ1) is 17.5. The average Bonchev–Trinajstić information content (AvgIpc) is 2.41. The number of nitrogens with zero attached hydrogens (tertiary/aromatic N) is 1. The minimum Gasteiger partial charge on any atom is -0.478 e. The lowest BCUT2D eigenvalue weighted by Crippen LogP contribution is -2.29. The van der Waals surface area contributed by atoms with Gasteiger partial charge in [0.05, 0.1) is 10.5 Å². The van der Waals surface area contributed by atoms with Crippen molar-refractivity contribution in [2.45, 2.75) is 18.2 Å². The molecule has 1 rings (SSSR count). The van der Waals surface area contributed by atoms with Gasteiger partial charge in [-0.25, -0.2) is 21.9 Å². The van der Waals surface area contributed by atoms with E-state index < -0.39 is 27.4 Å². The van der Waals surface area contributed by atoms with Crippen LogP contribution in [0.3, 0.4) is 0 Å². The molecular formula is C13H18FNO5S. The van der Waals surface area contributed by atoms with E-state index in [1.165, 1.54) is 21.1 Å². The predicted molar refractivity (Wildman–Crippen MR) is 74.4 cm³/mol. The van der Waals surface area contributed by atoms with E-state index in [0.717, 1.165) is 16.4 Å². The molecule has 0 spiro atoms. The lowest BCUT2D eigenvalue weighted by Gasteiger charge is -2.18. The van der Waals surface area contributed by atoms with Gasteiger partial charge in [0.1, 0.15) is 5.82 Å². The van der Waals surface area contributed by atoms with Gasteiger partial charge in [-0.15, -0.1) is 0 Å². The van der Waals surface area contributed by atoms with Crippen LogP contribution >= 0.6 is 0 Å². The van der Waals surface area contributed by atoms with Crippen LogP contribution in [-0.4, -0.2) is 51.1 Å². The number of hydrogen-bond donors (Lipinski definition) is 1. The van der Waals surface area contributed by atoms with Gasteiger partial charge in [0.25, 0.3) is 0 Å². The standard InChI is InChI=1S/C13H18FNO5S/c1-9-7-10(8-11(12(9)14)13(16)17)21(18,19)15(2)5-4-6-20-3/h7-8H,4-6H2,1-3H3,(H,16,17). The van der Waals surface area contributed by atoms with Crippen LogP contribution in [0, 0.1) is 12.7 Å². The molecule has 6 nitrogen and oxygen atoms in total. The molecule has 0 aliphatic carbocycles. The summed E-state index contributed by atoms with van der Waals surface area (Å²) in [5, 5.41) is 8.93. The third-order valence-electron chi connectivity index (χ3n) is 2.99. The third kappa shape index (κ3) is 3.99. The Balaban J connectivity index is 3.17. The molecule has 118 valence electrons. The molecule has 0 amide bonds. The van der Waals surface area contributed by atoms with Crippen LogP contribution in [0.1, 0.15) is 22.3 Å². The van der Waals surface area contributed by atoms with Crippen molar-refractivity contribution in [1.82, 2.24) is 4.31 Å². The van der Waals surface area contributed by atoms with Crippen LogP contribution in [0.15, 0.2) is 17.0 Å². The van der Waals surface area contributed by atoms with Crippen LogP contribution in [-0.2, 0) is 14.8 Å². The fourth-order valence-electron chi connectivity index (χ4n) is 1.77. The number of carboxylic acids is 1. The number of ether oxygens (including phenoxy) is 1. The maximum absolute atomic E-state index is 13.7. The fourth-order valence-corrected chi connectivity index (χ4v) is 3.09. The van der Waals surface area contributed by atoms with Gasteiger partial charge >= 0.3 is 5.97 Å². The summed E-state index contributed by atoms with van der Waals surface area (Å²) in [4.78, 5) is 10.7. The number of benzene rings is 1. The number of aromatic carboxylic acids is 1. The van der Waals surface area contributed by atoms with E-state index in [2.05, 4.69) is 0 Å². The summed E-state index contributed by atoms with van der Waals surface area (Å²) in [6, 6.07) is 1.97. The second-order valence-corrected chi connectivity index (χ2v) is 6.62. The van der Waals surface area contributed by atoms with E-state index in [1.54, 1.807) is 0 Å². The molecule has 0 fully saturated rings. The lowest BCUT2D eigenvalue weighted by atomic mass is 10.1. The highest BCUT2D eigenvalue weighted by atomic mass is 32.2. The van der Waals surface area contributed by atoms with Crippen molar-refractivity contribution in [2.75, 3.05) is 27.3 Å². The number of hydrogen-bond acceptors (Lipinski definition) is 4. The van der Waals surface area contributed by atoms with E-state index in [9.17, 15) is 17.6 Å². The average molecular weight is 319 g/mol. The number of halogens is 1. The number of carbonyl (C=O) groups is 1. The highest BCUT2D eigenvalue weighted by Crippen LogP contribution is 2.22. The zero-order valence-corrected chi connectivity index (χ0v) is 12.9. The van der Waals surface area contributed by atoms with Crippen molar-refractivity contribution in [3.63, 3.8) is 0 Å². The summed E-state index contributed by atoms with van der Waals surface area (Å²) in [5.41, 5.74) is -0.683. The molecule has 0 atom stereocenters. The quantitative estimate of drug-likeness (QED) is 0.770. The van der Waals surface area contributed by atoms with Crippen LogP contribution < -0.4 is 0 Å². The minimum atomic E-state index is -3.87. The smallest absolute Gasteiger partial charge is 0.338 e. The van der Waals surface area contributed by atoms with Gasteiger partial charge in [-0.3, -0.25) is 0 Å². The first-order chi connectivity index (χ1) is 9.71. The molecule has 0 unspecified atom stereocenters. The maximum atomic E-state index is 13.7. The first-order valence-corrected chi connectivity index (χ1v) is 7.64. The van der Waals surface area contributed by atoms with Crippen molar-refractivity contribution in [3.8, 4) is 0 Å². The molecule has 8 heteroatoms. The van der Waals surface area contributed by atoms with Crippen molar-refractivity contribution >= 4 is 16.0 Å². The van der Waals surface area contributed by atoms with Gasteiger partial charge < -0.3 is 9.84 Å². The van der Waals surface area contributed by atoms with E-state index in [0.29, 0.717) is 13.0 Å². The Labute approximate surface area is 123 Å². The van der Waals surface area contributed by atoms with Gasteiger partial charge in [-0.1, -0.05) is 0 Å². The summed E-state index contributed by atoms with van der Waals surface area (Å²) in [6.07, 6.45) is 0.498. The Bertz CT molecular complexity index is 630. The second-order valence-electron chi connectivity index (χ2n) is 4.58. The second kappa shape index (κ2) is 6.97. The molecule has 0 aliphatic rings. The summed E-state index contributed by atoms with van der Waals surface area (Å²) in [5.74, 6) is -2.43. The van der Waals surface area contributed by atoms with Crippen LogP contribution in [0.2, 0.25) is 0 Å². The van der Waals surface area contributed by atoms with E-state index in [4.69, 9.17) is 9.84 Å². The van der Waals surface area contributed by atoms with Gasteiger partial charge in [0.2, 0.25) is 10.0 Å². The Morgan fingerprint density at radius 1 is 1.43 bits per heavy atom. The number of methoxy groups -OCH3 is 1. The zero-order chi connectivity index (χ0) is 16.2. The molecule has 0 aromatic heterocycles. The SMILES string of the molecule is COCCCN(C)S(=O)(=O)c1cc(C)c(F)c(C(=O)O)c1. The molecule has 0 bridgehead atoms. The first-order valence-electron chi connectivity index (χ1n) is 6.20. The molecule has 1 aromatic carbocycles.